The summed E-state index contributed by atoms with van der Waals surface area (Å²) in [4.78, 5) is 37.5. The van der Waals surface area contributed by atoms with Gasteiger partial charge in [0.15, 0.2) is 0 Å². The molecule has 1 heterocycles. The van der Waals surface area contributed by atoms with Crippen molar-refractivity contribution in [1.29, 1.82) is 0 Å². The molecule has 1 saturated heterocycles. The van der Waals surface area contributed by atoms with Crippen LogP contribution in [0.5, 0.6) is 0 Å². The third-order valence-electron chi connectivity index (χ3n) is 5.21. The van der Waals surface area contributed by atoms with Gasteiger partial charge < -0.3 is 15.5 Å². The van der Waals surface area contributed by atoms with Gasteiger partial charge in [0.1, 0.15) is 0 Å². The first kappa shape index (κ1) is 18.4. The molecule has 1 saturated carbocycles. The highest BCUT2D eigenvalue weighted by atomic mass is 16.2. The second-order valence-corrected chi connectivity index (χ2v) is 7.26. The number of hydrogen-bond acceptors (Lipinski definition) is 3. The van der Waals surface area contributed by atoms with Crippen molar-refractivity contribution in [2.24, 2.45) is 5.92 Å². The lowest BCUT2D eigenvalue weighted by atomic mass is 9.87. The molecule has 1 aliphatic carbocycles. The molecule has 3 rings (SSSR count). The van der Waals surface area contributed by atoms with Gasteiger partial charge in [-0.05, 0) is 36.5 Å². The van der Waals surface area contributed by atoms with Crippen molar-refractivity contribution in [3.8, 4) is 0 Å². The van der Waals surface area contributed by atoms with Gasteiger partial charge in [-0.3, -0.25) is 14.4 Å². The lowest BCUT2D eigenvalue weighted by molar-refractivity contribution is -0.123. The number of carbonyl (C=O) groups is 3. The summed E-state index contributed by atoms with van der Waals surface area (Å²) >= 11 is 0. The van der Waals surface area contributed by atoms with Crippen molar-refractivity contribution in [3.63, 3.8) is 0 Å². The smallest absolute Gasteiger partial charge is 0.254 e. The van der Waals surface area contributed by atoms with E-state index < -0.39 is 0 Å². The van der Waals surface area contributed by atoms with E-state index in [0.29, 0.717) is 37.5 Å². The summed E-state index contributed by atoms with van der Waals surface area (Å²) in [5.74, 6) is 0.386. The molecule has 2 fully saturated rings. The number of nitrogens with one attached hydrogen (secondary N) is 2. The third-order valence-corrected chi connectivity index (χ3v) is 5.21. The van der Waals surface area contributed by atoms with Gasteiger partial charge in [-0.15, -0.1) is 0 Å². The van der Waals surface area contributed by atoms with Crippen LogP contribution in [0.25, 0.3) is 0 Å². The molecule has 0 unspecified atom stereocenters. The quantitative estimate of drug-likeness (QED) is 0.844. The molecule has 0 aromatic heterocycles. The van der Waals surface area contributed by atoms with E-state index in [0.717, 1.165) is 5.56 Å². The van der Waals surface area contributed by atoms with Crippen molar-refractivity contribution in [2.45, 2.75) is 45.1 Å². The minimum absolute atomic E-state index is 0.108. The number of amides is 3. The summed E-state index contributed by atoms with van der Waals surface area (Å²) in [6.07, 6.45) is 6.73. The predicted molar refractivity (Wildman–Crippen MR) is 98.4 cm³/mol. The summed E-state index contributed by atoms with van der Waals surface area (Å²) in [5, 5.41) is 5.69. The minimum Gasteiger partial charge on any atom is -0.353 e. The van der Waals surface area contributed by atoms with E-state index in [1.165, 1.54) is 32.1 Å². The van der Waals surface area contributed by atoms with Crippen LogP contribution in [0.1, 0.15) is 54.4 Å². The van der Waals surface area contributed by atoms with Crippen molar-refractivity contribution in [1.82, 2.24) is 15.5 Å². The number of benzene rings is 1. The Kier molecular flexibility index (Phi) is 6.26. The SMILES string of the molecule is O=C(CC1CCCCC1)NCc1ccc(C(=O)N2CCNC(=O)C2)cc1. The van der Waals surface area contributed by atoms with Crippen molar-refractivity contribution in [3.05, 3.63) is 35.4 Å². The Labute approximate surface area is 154 Å². The first-order valence-electron chi connectivity index (χ1n) is 9.53. The largest absolute Gasteiger partial charge is 0.353 e. The predicted octanol–water partition coefficient (Wildman–Crippen LogP) is 1.85. The maximum Gasteiger partial charge on any atom is 0.254 e. The fraction of sp³-hybridized carbons (Fsp3) is 0.550. The second-order valence-electron chi connectivity index (χ2n) is 7.26. The van der Waals surface area contributed by atoms with Crippen LogP contribution < -0.4 is 10.6 Å². The van der Waals surface area contributed by atoms with Crippen LogP contribution in [-0.2, 0) is 16.1 Å². The Morgan fingerprint density at radius 2 is 1.85 bits per heavy atom. The molecule has 2 aliphatic rings. The number of carbonyl (C=O) groups excluding carboxylic acids is 3. The van der Waals surface area contributed by atoms with Crippen molar-refractivity contribution < 1.29 is 14.4 Å². The Morgan fingerprint density at radius 3 is 2.54 bits per heavy atom. The summed E-state index contributed by atoms with van der Waals surface area (Å²) in [6, 6.07) is 7.24. The van der Waals surface area contributed by atoms with Gasteiger partial charge in [0, 0.05) is 31.6 Å². The van der Waals surface area contributed by atoms with Crippen LogP contribution in [0.4, 0.5) is 0 Å². The molecule has 6 nitrogen and oxygen atoms in total. The third kappa shape index (κ3) is 5.07. The highest BCUT2D eigenvalue weighted by Gasteiger charge is 2.22. The van der Waals surface area contributed by atoms with Gasteiger partial charge in [-0.2, -0.15) is 0 Å². The Hall–Kier alpha value is -2.37. The van der Waals surface area contributed by atoms with E-state index >= 15 is 0 Å². The first-order valence-corrected chi connectivity index (χ1v) is 9.53. The van der Waals surface area contributed by atoms with Crippen LogP contribution >= 0.6 is 0 Å². The summed E-state index contributed by atoms with van der Waals surface area (Å²) in [6.45, 7) is 1.61. The molecule has 2 N–H and O–H groups in total. The number of hydrogen-bond donors (Lipinski definition) is 2. The van der Waals surface area contributed by atoms with E-state index in [9.17, 15) is 14.4 Å². The van der Waals surface area contributed by atoms with Crippen LogP contribution in [0.15, 0.2) is 24.3 Å². The number of nitrogens with zero attached hydrogens (tertiary/aromatic N) is 1. The van der Waals surface area contributed by atoms with Gasteiger partial charge in [0.25, 0.3) is 5.91 Å². The summed E-state index contributed by atoms with van der Waals surface area (Å²) in [7, 11) is 0. The zero-order valence-electron chi connectivity index (χ0n) is 15.1. The molecule has 0 radical (unpaired) electrons. The molecule has 0 spiro atoms. The lowest BCUT2D eigenvalue weighted by Gasteiger charge is -2.26. The lowest BCUT2D eigenvalue weighted by Crippen LogP contribution is -2.49. The standard InChI is InChI=1S/C20H27N3O3/c24-18(12-15-4-2-1-3-5-15)22-13-16-6-8-17(9-7-16)20(26)23-11-10-21-19(25)14-23/h6-9,15H,1-5,10-14H2,(H,21,25)(H,22,24). The molecule has 1 aromatic carbocycles. The van der Waals surface area contributed by atoms with Gasteiger partial charge in [-0.25, -0.2) is 0 Å². The zero-order valence-corrected chi connectivity index (χ0v) is 15.1. The second kappa shape index (κ2) is 8.83. The average molecular weight is 357 g/mol. The van der Waals surface area contributed by atoms with E-state index in [-0.39, 0.29) is 24.3 Å². The molecule has 26 heavy (non-hydrogen) atoms. The van der Waals surface area contributed by atoms with E-state index in [1.54, 1.807) is 17.0 Å². The number of piperazine rings is 1. The summed E-state index contributed by atoms with van der Waals surface area (Å²) < 4.78 is 0. The van der Waals surface area contributed by atoms with Crippen molar-refractivity contribution >= 4 is 17.7 Å². The molecule has 6 heteroatoms. The van der Waals surface area contributed by atoms with Crippen molar-refractivity contribution in [2.75, 3.05) is 19.6 Å². The molecular formula is C20H27N3O3. The first-order chi connectivity index (χ1) is 12.6. The van der Waals surface area contributed by atoms with Crippen LogP contribution in [0.3, 0.4) is 0 Å². The normalized spacial score (nSPS) is 18.3. The Bertz CT molecular complexity index is 651. The molecule has 3 amide bonds. The van der Waals surface area contributed by atoms with Crippen LogP contribution in [-0.4, -0.2) is 42.3 Å². The van der Waals surface area contributed by atoms with Gasteiger partial charge in [0.05, 0.1) is 6.54 Å². The molecule has 1 aliphatic heterocycles. The maximum atomic E-state index is 12.4. The minimum atomic E-state index is -0.132. The molecule has 140 valence electrons. The molecule has 1 aromatic rings. The molecular weight excluding hydrogens is 330 g/mol. The number of rotatable bonds is 5. The monoisotopic (exact) mass is 357 g/mol. The van der Waals surface area contributed by atoms with Crippen LogP contribution in [0.2, 0.25) is 0 Å². The van der Waals surface area contributed by atoms with Gasteiger partial charge >= 0.3 is 0 Å². The van der Waals surface area contributed by atoms with Gasteiger partial charge in [0.2, 0.25) is 11.8 Å². The maximum absolute atomic E-state index is 12.4. The Morgan fingerprint density at radius 1 is 1.12 bits per heavy atom. The molecule has 0 bridgehead atoms. The highest BCUT2D eigenvalue weighted by Crippen LogP contribution is 2.26. The van der Waals surface area contributed by atoms with E-state index in [2.05, 4.69) is 10.6 Å². The van der Waals surface area contributed by atoms with E-state index in [4.69, 9.17) is 0 Å². The highest BCUT2D eigenvalue weighted by molar-refractivity contribution is 5.97. The van der Waals surface area contributed by atoms with Crippen LogP contribution in [0, 0.1) is 5.92 Å². The molecule has 0 atom stereocenters. The van der Waals surface area contributed by atoms with E-state index in [1.807, 2.05) is 12.1 Å². The fourth-order valence-corrected chi connectivity index (χ4v) is 3.69. The Balaban J connectivity index is 1.47. The fourth-order valence-electron chi connectivity index (χ4n) is 3.69. The van der Waals surface area contributed by atoms with Gasteiger partial charge in [-0.1, -0.05) is 31.4 Å². The summed E-state index contributed by atoms with van der Waals surface area (Å²) in [5.41, 5.74) is 1.53. The zero-order chi connectivity index (χ0) is 18.4. The average Bonchev–Trinajstić information content (AvgIpc) is 2.67. The topological polar surface area (TPSA) is 78.5 Å².